The van der Waals surface area contributed by atoms with Crippen LogP contribution in [0.15, 0.2) is 212 Å². The topological polar surface area (TPSA) is 38.7 Å². The van der Waals surface area contributed by atoms with Gasteiger partial charge in [-0.1, -0.05) is 182 Å². The van der Waals surface area contributed by atoms with Crippen molar-refractivity contribution in [2.75, 3.05) is 0 Å². The molecule has 3 nitrogen and oxygen atoms in total. The molecule has 0 fully saturated rings. The summed E-state index contributed by atoms with van der Waals surface area (Å²) in [6.45, 7) is 0. The van der Waals surface area contributed by atoms with Gasteiger partial charge in [0.2, 0.25) is 0 Å². The van der Waals surface area contributed by atoms with Gasteiger partial charge in [0.15, 0.2) is 5.82 Å². The van der Waals surface area contributed by atoms with Gasteiger partial charge in [0.25, 0.3) is 0 Å². The molecule has 0 saturated carbocycles. The van der Waals surface area contributed by atoms with E-state index in [-0.39, 0.29) is 0 Å². The predicted octanol–water partition coefficient (Wildman–Crippen LogP) is 13.7. The van der Waals surface area contributed by atoms with Gasteiger partial charge in [-0.15, -0.1) is 0 Å². The third kappa shape index (κ3) is 5.05. The second-order valence-corrected chi connectivity index (χ2v) is 15.5. The molecule has 59 heavy (non-hydrogen) atoms. The third-order valence-electron chi connectivity index (χ3n) is 12.4. The molecule has 1 spiro atoms. The van der Waals surface area contributed by atoms with E-state index in [9.17, 15) is 0 Å². The van der Waals surface area contributed by atoms with Crippen LogP contribution in [0.4, 0.5) is 0 Å². The molecule has 0 aliphatic heterocycles. The molecule has 274 valence electrons. The van der Waals surface area contributed by atoms with Crippen molar-refractivity contribution in [3.63, 3.8) is 0 Å². The molecular weight excluding hydrogens is 715 g/mol. The maximum atomic E-state index is 5.29. The zero-order valence-electron chi connectivity index (χ0n) is 32.0. The van der Waals surface area contributed by atoms with Crippen molar-refractivity contribution in [2.45, 2.75) is 5.41 Å². The number of fused-ring (bicyclic) bond motifs is 13. The van der Waals surface area contributed by atoms with Crippen molar-refractivity contribution in [3.8, 4) is 78.5 Å². The Morgan fingerprint density at radius 1 is 0.305 bits per heavy atom. The molecule has 2 heterocycles. The molecule has 0 radical (unpaired) electrons. The molecule has 3 heteroatoms. The van der Waals surface area contributed by atoms with Crippen molar-refractivity contribution in [3.05, 3.63) is 235 Å². The molecule has 8 aromatic carbocycles. The first-order valence-corrected chi connectivity index (χ1v) is 20.2. The van der Waals surface area contributed by atoms with Gasteiger partial charge in [0.1, 0.15) is 5.69 Å². The van der Waals surface area contributed by atoms with Gasteiger partial charge in [0.05, 0.1) is 16.8 Å². The fraction of sp³-hybridized carbons (Fsp3) is 0.0179. The molecular formula is C56H35N3. The smallest absolute Gasteiger partial charge is 0.179 e. The van der Waals surface area contributed by atoms with Crippen LogP contribution in [-0.4, -0.2) is 15.0 Å². The highest BCUT2D eigenvalue weighted by Gasteiger charge is 2.49. The minimum absolute atomic E-state index is 0.578. The van der Waals surface area contributed by atoms with Gasteiger partial charge in [-0.3, -0.25) is 4.98 Å². The Kier molecular flexibility index (Phi) is 7.45. The number of benzene rings is 8. The van der Waals surface area contributed by atoms with E-state index in [4.69, 9.17) is 15.0 Å². The van der Waals surface area contributed by atoms with Crippen LogP contribution in [0.2, 0.25) is 0 Å². The molecule has 0 N–H and O–H groups in total. The van der Waals surface area contributed by atoms with Crippen LogP contribution in [0.3, 0.4) is 0 Å². The van der Waals surface area contributed by atoms with Crippen LogP contribution in [0.5, 0.6) is 0 Å². The van der Waals surface area contributed by atoms with Crippen molar-refractivity contribution >= 4 is 10.8 Å². The second-order valence-electron chi connectivity index (χ2n) is 15.5. The average Bonchev–Trinajstić information content (AvgIpc) is 3.56. The Balaban J connectivity index is 1.10. The first kappa shape index (κ1) is 33.4. The van der Waals surface area contributed by atoms with E-state index < -0.39 is 5.41 Å². The monoisotopic (exact) mass is 749 g/mol. The van der Waals surface area contributed by atoms with Crippen LogP contribution in [0, 0.1) is 0 Å². The zero-order chi connectivity index (χ0) is 38.9. The lowest BCUT2D eigenvalue weighted by atomic mass is 9.65. The molecule has 0 bridgehead atoms. The van der Waals surface area contributed by atoms with E-state index in [1.807, 2.05) is 18.2 Å². The molecule has 0 saturated heterocycles. The molecule has 12 rings (SSSR count). The lowest BCUT2D eigenvalue weighted by Gasteiger charge is -2.35. The molecule has 2 aliphatic carbocycles. The van der Waals surface area contributed by atoms with Crippen LogP contribution >= 0.6 is 0 Å². The first-order chi connectivity index (χ1) is 29.3. The number of pyridine rings is 1. The van der Waals surface area contributed by atoms with Crippen LogP contribution in [0.1, 0.15) is 22.3 Å². The molecule has 2 aliphatic rings. The highest BCUT2D eigenvalue weighted by molar-refractivity contribution is 5.99. The zero-order valence-corrected chi connectivity index (χ0v) is 32.0. The highest BCUT2D eigenvalue weighted by atomic mass is 14.9. The van der Waals surface area contributed by atoms with Gasteiger partial charge >= 0.3 is 0 Å². The Labute approximate surface area is 343 Å². The molecule has 10 aromatic rings. The summed E-state index contributed by atoms with van der Waals surface area (Å²) in [5, 5.41) is 2.47. The van der Waals surface area contributed by atoms with Crippen molar-refractivity contribution in [2.24, 2.45) is 0 Å². The van der Waals surface area contributed by atoms with Gasteiger partial charge in [-0.05, 0) is 102 Å². The quantitative estimate of drug-likeness (QED) is 0.180. The third-order valence-corrected chi connectivity index (χ3v) is 12.4. The summed E-state index contributed by atoms with van der Waals surface area (Å²) >= 11 is 0. The normalized spacial score (nSPS) is 12.9. The summed E-state index contributed by atoms with van der Waals surface area (Å²) in [5.74, 6) is 0.591. The van der Waals surface area contributed by atoms with E-state index in [2.05, 4.69) is 188 Å². The summed E-state index contributed by atoms with van der Waals surface area (Å²) in [6.07, 6.45) is 1.81. The molecule has 0 atom stereocenters. The Morgan fingerprint density at radius 3 is 1.46 bits per heavy atom. The number of hydrogen-bond acceptors (Lipinski definition) is 3. The number of hydrogen-bond donors (Lipinski definition) is 0. The maximum absolute atomic E-state index is 5.29. The molecule has 2 aromatic heterocycles. The van der Waals surface area contributed by atoms with Gasteiger partial charge in [-0.2, -0.15) is 0 Å². The van der Waals surface area contributed by atoms with Gasteiger partial charge < -0.3 is 0 Å². The van der Waals surface area contributed by atoms with Gasteiger partial charge in [0, 0.05) is 17.3 Å². The number of aromatic nitrogens is 3. The summed E-state index contributed by atoms with van der Waals surface area (Å²) in [4.78, 5) is 15.2. The standard InChI is InChI=1S/C56H35N3/c1-2-16-40-36(14-1)15-13-22-41(40)37-27-29-38(30-28-37)53-35-54(59-55(58-53)52-26-11-12-33-57-52)39-31-32-47-43-18-4-3-17-42(43)44-19-5-8-23-48(44)56(51(47)34-39)49-24-9-6-20-45(49)46-21-7-10-25-50(46)56/h1-35H. The van der Waals surface area contributed by atoms with E-state index >= 15 is 0 Å². The Hall–Kier alpha value is -7.75. The Bertz CT molecular complexity index is 3220. The average molecular weight is 750 g/mol. The number of nitrogens with zero attached hydrogens (tertiary/aromatic N) is 3. The predicted molar refractivity (Wildman–Crippen MR) is 241 cm³/mol. The summed E-state index contributed by atoms with van der Waals surface area (Å²) in [6, 6.07) is 74.7. The number of rotatable bonds is 4. The van der Waals surface area contributed by atoms with Crippen molar-refractivity contribution in [1.82, 2.24) is 15.0 Å². The van der Waals surface area contributed by atoms with E-state index in [0.717, 1.165) is 28.2 Å². The van der Waals surface area contributed by atoms with E-state index in [1.165, 1.54) is 77.5 Å². The Morgan fingerprint density at radius 2 is 0.797 bits per heavy atom. The lowest BCUT2D eigenvalue weighted by Crippen LogP contribution is -2.29. The van der Waals surface area contributed by atoms with E-state index in [0.29, 0.717) is 5.82 Å². The van der Waals surface area contributed by atoms with E-state index in [1.54, 1.807) is 6.20 Å². The van der Waals surface area contributed by atoms with Crippen LogP contribution < -0.4 is 0 Å². The summed E-state index contributed by atoms with van der Waals surface area (Å²) in [7, 11) is 0. The van der Waals surface area contributed by atoms with Crippen LogP contribution in [-0.2, 0) is 5.41 Å². The SMILES string of the molecule is c1ccc(-c2nc(-c3ccc(-c4cccc5ccccc45)cc3)cc(-c3ccc4c(c3)C3(c5ccccc5-c5ccccc5-4)c4ccccc4-c4ccccc43)n2)nc1. The van der Waals surface area contributed by atoms with Crippen molar-refractivity contribution in [1.29, 1.82) is 0 Å². The maximum Gasteiger partial charge on any atom is 0.179 e. The van der Waals surface area contributed by atoms with Crippen LogP contribution in [0.25, 0.3) is 89.3 Å². The largest absolute Gasteiger partial charge is 0.253 e. The fourth-order valence-corrected chi connectivity index (χ4v) is 9.86. The molecule has 0 amide bonds. The highest BCUT2D eigenvalue weighted by Crippen LogP contribution is 2.61. The minimum Gasteiger partial charge on any atom is -0.253 e. The lowest BCUT2D eigenvalue weighted by molar-refractivity contribution is 0.775. The molecule has 0 unspecified atom stereocenters. The summed E-state index contributed by atoms with van der Waals surface area (Å²) < 4.78 is 0. The van der Waals surface area contributed by atoms with Gasteiger partial charge in [-0.25, -0.2) is 9.97 Å². The first-order valence-electron chi connectivity index (χ1n) is 20.2. The van der Waals surface area contributed by atoms with Crippen molar-refractivity contribution < 1.29 is 0 Å². The summed E-state index contributed by atoms with van der Waals surface area (Å²) in [5.41, 5.74) is 18.9. The second kappa shape index (κ2) is 13.2. The minimum atomic E-state index is -0.578. The fourth-order valence-electron chi connectivity index (χ4n) is 9.86.